The Morgan fingerprint density at radius 2 is 1.30 bits per heavy atom. The lowest BCUT2D eigenvalue weighted by Gasteiger charge is -2.12. The SMILES string of the molecule is CCC(C)c1ccc(COc2ccc(-n3c4ccc(C)cc4c4cc(C)ccc43)cc2)cc1. The van der Waals surface area contributed by atoms with Crippen LogP contribution in [0.3, 0.4) is 0 Å². The van der Waals surface area contributed by atoms with E-state index < -0.39 is 0 Å². The molecule has 1 aromatic heterocycles. The first kappa shape index (κ1) is 21.3. The first-order valence-electron chi connectivity index (χ1n) is 11.9. The van der Waals surface area contributed by atoms with Gasteiger partial charge in [0.15, 0.2) is 0 Å². The summed E-state index contributed by atoms with van der Waals surface area (Å²) in [5, 5.41) is 2.60. The molecule has 0 amide bonds. The number of hydrogen-bond acceptors (Lipinski definition) is 1. The third kappa shape index (κ3) is 4.14. The minimum atomic E-state index is 0.577. The molecular weight excluding hydrogens is 402 g/mol. The van der Waals surface area contributed by atoms with Crippen molar-refractivity contribution in [3.05, 3.63) is 107 Å². The summed E-state index contributed by atoms with van der Waals surface area (Å²) in [7, 11) is 0. The summed E-state index contributed by atoms with van der Waals surface area (Å²) in [6.07, 6.45) is 1.16. The first-order chi connectivity index (χ1) is 16.0. The van der Waals surface area contributed by atoms with Crippen LogP contribution in [0.25, 0.3) is 27.5 Å². The van der Waals surface area contributed by atoms with E-state index in [1.807, 2.05) is 0 Å². The number of ether oxygens (including phenoxy) is 1. The molecule has 0 aliphatic carbocycles. The molecular formula is C31H31NO. The van der Waals surface area contributed by atoms with Gasteiger partial charge in [0.1, 0.15) is 12.4 Å². The molecule has 0 fully saturated rings. The summed E-state index contributed by atoms with van der Waals surface area (Å²) >= 11 is 0. The van der Waals surface area contributed by atoms with E-state index in [4.69, 9.17) is 4.74 Å². The van der Waals surface area contributed by atoms with Crippen molar-refractivity contribution in [1.82, 2.24) is 4.57 Å². The van der Waals surface area contributed by atoms with Crippen molar-refractivity contribution < 1.29 is 4.74 Å². The van der Waals surface area contributed by atoms with Crippen molar-refractivity contribution in [2.75, 3.05) is 0 Å². The number of aromatic nitrogens is 1. The van der Waals surface area contributed by atoms with Crippen molar-refractivity contribution in [3.8, 4) is 11.4 Å². The lowest BCUT2D eigenvalue weighted by molar-refractivity contribution is 0.306. The van der Waals surface area contributed by atoms with Crippen LogP contribution in [-0.4, -0.2) is 4.57 Å². The fourth-order valence-electron chi connectivity index (χ4n) is 4.57. The molecule has 0 spiro atoms. The molecule has 0 aliphatic heterocycles. The monoisotopic (exact) mass is 433 g/mol. The van der Waals surface area contributed by atoms with E-state index in [9.17, 15) is 0 Å². The molecule has 4 aromatic carbocycles. The van der Waals surface area contributed by atoms with Crippen LogP contribution in [0.4, 0.5) is 0 Å². The fourth-order valence-corrected chi connectivity index (χ4v) is 4.57. The van der Waals surface area contributed by atoms with E-state index in [1.54, 1.807) is 0 Å². The van der Waals surface area contributed by atoms with Gasteiger partial charge in [0.05, 0.1) is 11.0 Å². The van der Waals surface area contributed by atoms with Crippen molar-refractivity contribution in [3.63, 3.8) is 0 Å². The quantitative estimate of drug-likeness (QED) is 0.262. The van der Waals surface area contributed by atoms with Crippen LogP contribution < -0.4 is 4.74 Å². The molecule has 5 rings (SSSR count). The number of hydrogen-bond donors (Lipinski definition) is 0. The zero-order chi connectivity index (χ0) is 22.9. The van der Waals surface area contributed by atoms with Gasteiger partial charge in [-0.05, 0) is 85.8 Å². The zero-order valence-electron chi connectivity index (χ0n) is 19.9. The maximum Gasteiger partial charge on any atom is 0.119 e. The molecule has 0 saturated heterocycles. The first-order valence-corrected chi connectivity index (χ1v) is 11.9. The van der Waals surface area contributed by atoms with Gasteiger partial charge in [0.25, 0.3) is 0 Å². The summed E-state index contributed by atoms with van der Waals surface area (Å²) in [5.74, 6) is 1.48. The van der Waals surface area contributed by atoms with Crippen LogP contribution in [0.5, 0.6) is 5.75 Å². The van der Waals surface area contributed by atoms with Gasteiger partial charge in [-0.15, -0.1) is 0 Å². The summed E-state index contributed by atoms with van der Waals surface area (Å²) in [6.45, 7) is 9.39. The molecule has 2 heteroatoms. The van der Waals surface area contributed by atoms with E-state index in [-0.39, 0.29) is 0 Å². The maximum absolute atomic E-state index is 6.09. The molecule has 1 unspecified atom stereocenters. The van der Waals surface area contributed by atoms with E-state index in [1.165, 1.54) is 44.1 Å². The normalized spacial score (nSPS) is 12.4. The van der Waals surface area contributed by atoms with Gasteiger partial charge in [-0.1, -0.05) is 61.4 Å². The van der Waals surface area contributed by atoms with Gasteiger partial charge < -0.3 is 9.30 Å². The number of nitrogens with zero attached hydrogens (tertiary/aromatic N) is 1. The Bertz CT molecular complexity index is 1350. The van der Waals surface area contributed by atoms with Crippen molar-refractivity contribution >= 4 is 21.8 Å². The van der Waals surface area contributed by atoms with Crippen LogP contribution in [0.1, 0.15) is 48.4 Å². The van der Waals surface area contributed by atoms with Gasteiger partial charge in [-0.25, -0.2) is 0 Å². The average molecular weight is 434 g/mol. The second kappa shape index (κ2) is 8.78. The second-order valence-electron chi connectivity index (χ2n) is 9.21. The third-order valence-corrected chi connectivity index (χ3v) is 6.74. The molecule has 0 aliphatic rings. The highest BCUT2D eigenvalue weighted by Crippen LogP contribution is 2.33. The Balaban J connectivity index is 1.41. The van der Waals surface area contributed by atoms with E-state index >= 15 is 0 Å². The van der Waals surface area contributed by atoms with Crippen molar-refractivity contribution in [2.45, 2.75) is 46.6 Å². The lowest BCUT2D eigenvalue weighted by Crippen LogP contribution is -1.98. The van der Waals surface area contributed by atoms with Crippen LogP contribution >= 0.6 is 0 Å². The Hall–Kier alpha value is -3.52. The Morgan fingerprint density at radius 1 is 0.727 bits per heavy atom. The van der Waals surface area contributed by atoms with Gasteiger partial charge in [0.2, 0.25) is 0 Å². The highest BCUT2D eigenvalue weighted by molar-refractivity contribution is 6.09. The predicted octanol–water partition coefficient (Wildman–Crippen LogP) is 8.49. The zero-order valence-corrected chi connectivity index (χ0v) is 19.9. The number of aryl methyl sites for hydroxylation is 2. The van der Waals surface area contributed by atoms with Gasteiger partial charge in [0, 0.05) is 16.5 Å². The molecule has 0 N–H and O–H groups in total. The van der Waals surface area contributed by atoms with E-state index in [2.05, 4.69) is 117 Å². The van der Waals surface area contributed by atoms with Crippen LogP contribution in [0.15, 0.2) is 84.9 Å². The molecule has 0 bridgehead atoms. The molecule has 0 saturated carbocycles. The molecule has 5 aromatic rings. The highest BCUT2D eigenvalue weighted by Gasteiger charge is 2.12. The topological polar surface area (TPSA) is 14.2 Å². The van der Waals surface area contributed by atoms with Gasteiger partial charge in [-0.2, -0.15) is 0 Å². The summed E-state index contributed by atoms with van der Waals surface area (Å²) < 4.78 is 8.44. The van der Waals surface area contributed by atoms with Crippen LogP contribution in [0.2, 0.25) is 0 Å². The minimum absolute atomic E-state index is 0.577. The average Bonchev–Trinajstić information content (AvgIpc) is 3.15. The molecule has 33 heavy (non-hydrogen) atoms. The Labute approximate surface area is 196 Å². The standard InChI is InChI=1S/C31H31NO/c1-5-23(4)25-10-8-24(9-11-25)20-33-27-14-12-26(13-15-27)32-30-16-6-21(2)18-28(30)29-19-22(3)7-17-31(29)32/h6-19,23H,5,20H2,1-4H3. The lowest BCUT2D eigenvalue weighted by atomic mass is 9.98. The summed E-state index contributed by atoms with van der Waals surface area (Å²) in [5.41, 5.74) is 8.76. The molecule has 166 valence electrons. The molecule has 0 radical (unpaired) electrons. The molecule has 2 nitrogen and oxygen atoms in total. The van der Waals surface area contributed by atoms with Gasteiger partial charge >= 0.3 is 0 Å². The highest BCUT2D eigenvalue weighted by atomic mass is 16.5. The van der Waals surface area contributed by atoms with E-state index in [0.717, 1.165) is 17.9 Å². The number of rotatable bonds is 6. The van der Waals surface area contributed by atoms with E-state index in [0.29, 0.717) is 12.5 Å². The Morgan fingerprint density at radius 3 is 1.85 bits per heavy atom. The van der Waals surface area contributed by atoms with Crippen molar-refractivity contribution in [1.29, 1.82) is 0 Å². The summed E-state index contributed by atoms with van der Waals surface area (Å²) in [4.78, 5) is 0. The molecule has 1 heterocycles. The maximum atomic E-state index is 6.09. The second-order valence-corrected chi connectivity index (χ2v) is 9.21. The number of benzene rings is 4. The Kier molecular flexibility index (Phi) is 5.68. The largest absolute Gasteiger partial charge is 0.489 e. The number of fused-ring (bicyclic) bond motifs is 3. The molecule has 1 atom stereocenters. The van der Waals surface area contributed by atoms with Crippen molar-refractivity contribution in [2.24, 2.45) is 0 Å². The predicted molar refractivity (Wildman–Crippen MR) is 140 cm³/mol. The minimum Gasteiger partial charge on any atom is -0.489 e. The van der Waals surface area contributed by atoms with Crippen LogP contribution in [0, 0.1) is 13.8 Å². The van der Waals surface area contributed by atoms with Gasteiger partial charge in [-0.3, -0.25) is 0 Å². The van der Waals surface area contributed by atoms with Crippen LogP contribution in [-0.2, 0) is 6.61 Å². The fraction of sp³-hybridized carbons (Fsp3) is 0.226. The summed E-state index contributed by atoms with van der Waals surface area (Å²) in [6, 6.07) is 30.7. The smallest absolute Gasteiger partial charge is 0.119 e. The third-order valence-electron chi connectivity index (χ3n) is 6.74.